The van der Waals surface area contributed by atoms with Crippen LogP contribution in [0.15, 0.2) is 65.5 Å². The van der Waals surface area contributed by atoms with Crippen LogP contribution in [0.25, 0.3) is 5.69 Å². The summed E-state index contributed by atoms with van der Waals surface area (Å²) in [5.41, 5.74) is 2.64. The van der Waals surface area contributed by atoms with Crippen LogP contribution in [0.4, 0.5) is 11.5 Å². The van der Waals surface area contributed by atoms with Gasteiger partial charge in [-0.3, -0.25) is 9.36 Å². The number of nitrogens with one attached hydrogen (secondary N) is 1. The van der Waals surface area contributed by atoms with Gasteiger partial charge in [-0.1, -0.05) is 36.4 Å². The van der Waals surface area contributed by atoms with Gasteiger partial charge in [-0.25, -0.2) is 0 Å². The quantitative estimate of drug-likeness (QED) is 0.745. The molecule has 0 amide bonds. The van der Waals surface area contributed by atoms with Crippen molar-refractivity contribution in [2.75, 3.05) is 5.32 Å². The summed E-state index contributed by atoms with van der Waals surface area (Å²) in [6.45, 7) is 4.29. The maximum Gasteiger partial charge on any atom is 0.274 e. The van der Waals surface area contributed by atoms with E-state index in [0.717, 1.165) is 16.8 Å². The summed E-state index contributed by atoms with van der Waals surface area (Å²) in [5.74, 6) is 0.645. The molecule has 1 N–H and O–H groups in total. The van der Waals surface area contributed by atoms with Gasteiger partial charge in [-0.2, -0.15) is 5.26 Å². The molecule has 0 radical (unpaired) electrons. The lowest BCUT2D eigenvalue weighted by molar-refractivity contribution is -0.0400. The summed E-state index contributed by atoms with van der Waals surface area (Å²) < 4.78 is 7.61. The molecule has 0 bridgehead atoms. The van der Waals surface area contributed by atoms with Gasteiger partial charge in [0, 0.05) is 17.7 Å². The largest absolute Gasteiger partial charge is 0.370 e. The third-order valence-electron chi connectivity index (χ3n) is 4.96. The molecule has 5 nitrogen and oxygen atoms in total. The van der Waals surface area contributed by atoms with E-state index < -0.39 is 5.60 Å². The highest BCUT2D eigenvalue weighted by Gasteiger charge is 2.33. The first-order valence-corrected chi connectivity index (χ1v) is 9.22. The minimum Gasteiger partial charge on any atom is -0.370 e. The molecule has 4 rings (SSSR count). The van der Waals surface area contributed by atoms with E-state index in [2.05, 4.69) is 11.4 Å². The minimum atomic E-state index is -0.423. The average molecular weight is 371 g/mol. The summed E-state index contributed by atoms with van der Waals surface area (Å²) in [5, 5.41) is 13.2. The summed E-state index contributed by atoms with van der Waals surface area (Å²) >= 11 is 0. The SMILES string of the molecule is CC1(C)Cc2c(c(Nc3ccccc3)n(-c3ccccc3)c(=O)c2C#N)CO1. The van der Waals surface area contributed by atoms with Gasteiger partial charge >= 0.3 is 0 Å². The third-order valence-corrected chi connectivity index (χ3v) is 4.96. The monoisotopic (exact) mass is 371 g/mol. The molecule has 28 heavy (non-hydrogen) atoms. The molecule has 0 unspecified atom stereocenters. The molecule has 3 aromatic rings. The van der Waals surface area contributed by atoms with E-state index in [9.17, 15) is 10.1 Å². The van der Waals surface area contributed by atoms with E-state index in [0.29, 0.717) is 24.5 Å². The van der Waals surface area contributed by atoms with Gasteiger partial charge in [0.15, 0.2) is 0 Å². The highest BCUT2D eigenvalue weighted by Crippen LogP contribution is 2.35. The van der Waals surface area contributed by atoms with Gasteiger partial charge in [0.2, 0.25) is 0 Å². The number of ether oxygens (including phenoxy) is 1. The smallest absolute Gasteiger partial charge is 0.274 e. The van der Waals surface area contributed by atoms with Crippen LogP contribution in [0, 0.1) is 11.3 Å². The van der Waals surface area contributed by atoms with Crippen molar-refractivity contribution in [1.29, 1.82) is 5.26 Å². The number of hydrogen-bond donors (Lipinski definition) is 1. The third kappa shape index (κ3) is 3.19. The van der Waals surface area contributed by atoms with Crippen molar-refractivity contribution in [3.63, 3.8) is 0 Å². The van der Waals surface area contributed by atoms with Crippen LogP contribution in [-0.4, -0.2) is 10.2 Å². The van der Waals surface area contributed by atoms with Gasteiger partial charge in [-0.15, -0.1) is 0 Å². The molecule has 5 heteroatoms. The molecule has 2 heterocycles. The molecule has 0 aliphatic carbocycles. The van der Waals surface area contributed by atoms with E-state index >= 15 is 0 Å². The van der Waals surface area contributed by atoms with Crippen molar-refractivity contribution in [1.82, 2.24) is 4.57 Å². The Morgan fingerprint density at radius 1 is 1.04 bits per heavy atom. The maximum absolute atomic E-state index is 13.4. The van der Waals surface area contributed by atoms with E-state index in [4.69, 9.17) is 4.74 Å². The van der Waals surface area contributed by atoms with Crippen molar-refractivity contribution in [2.24, 2.45) is 0 Å². The fourth-order valence-corrected chi connectivity index (χ4v) is 3.59. The number of nitriles is 1. The first-order valence-electron chi connectivity index (χ1n) is 9.22. The number of aromatic nitrogens is 1. The second kappa shape index (κ2) is 6.99. The summed E-state index contributed by atoms with van der Waals surface area (Å²) in [4.78, 5) is 13.4. The lowest BCUT2D eigenvalue weighted by atomic mass is 9.89. The van der Waals surface area contributed by atoms with E-state index in [1.54, 1.807) is 4.57 Å². The molecular weight excluding hydrogens is 350 g/mol. The minimum absolute atomic E-state index is 0.189. The van der Waals surface area contributed by atoms with Gasteiger partial charge < -0.3 is 10.1 Å². The summed E-state index contributed by atoms with van der Waals surface area (Å²) in [7, 11) is 0. The Morgan fingerprint density at radius 3 is 2.32 bits per heavy atom. The highest BCUT2D eigenvalue weighted by atomic mass is 16.5. The topological polar surface area (TPSA) is 67.0 Å². The first-order chi connectivity index (χ1) is 13.5. The molecule has 0 spiro atoms. The Balaban J connectivity index is 2.02. The molecule has 140 valence electrons. The average Bonchev–Trinajstić information content (AvgIpc) is 2.69. The number of anilines is 2. The standard InChI is InChI=1S/C23H21N3O2/c1-23(2)13-18-19(14-24)22(27)26(17-11-7-4-8-12-17)21(20(18)15-28-23)25-16-9-5-3-6-10-16/h3-12,25H,13,15H2,1-2H3. The van der Waals surface area contributed by atoms with E-state index in [1.165, 1.54) is 0 Å². The van der Waals surface area contributed by atoms with E-state index in [-0.39, 0.29) is 11.1 Å². The number of fused-ring (bicyclic) bond motifs is 1. The molecule has 0 saturated carbocycles. The van der Waals surface area contributed by atoms with Gasteiger partial charge in [-0.05, 0) is 43.7 Å². The Bertz CT molecular complexity index is 1110. The Hall–Kier alpha value is -3.36. The summed E-state index contributed by atoms with van der Waals surface area (Å²) in [6, 6.07) is 21.2. The van der Waals surface area contributed by atoms with Crippen molar-refractivity contribution in [3.8, 4) is 11.8 Å². The first kappa shape index (κ1) is 18.0. The zero-order valence-electron chi connectivity index (χ0n) is 15.9. The fourth-order valence-electron chi connectivity index (χ4n) is 3.59. The predicted octanol–water partition coefficient (Wildman–Crippen LogP) is 4.30. The zero-order chi connectivity index (χ0) is 19.7. The number of rotatable bonds is 3. The van der Waals surface area contributed by atoms with Crippen LogP contribution >= 0.6 is 0 Å². The fraction of sp³-hybridized carbons (Fsp3) is 0.217. The van der Waals surface area contributed by atoms with Crippen molar-refractivity contribution in [2.45, 2.75) is 32.5 Å². The molecule has 2 aromatic carbocycles. The molecule has 0 atom stereocenters. The second-order valence-electron chi connectivity index (χ2n) is 7.48. The number of hydrogen-bond acceptors (Lipinski definition) is 4. The van der Waals surface area contributed by atoms with Crippen LogP contribution in [0.5, 0.6) is 0 Å². The number of benzene rings is 2. The molecule has 1 aromatic heterocycles. The van der Waals surface area contributed by atoms with Crippen LogP contribution in [0.1, 0.15) is 30.5 Å². The Kier molecular flexibility index (Phi) is 4.50. The van der Waals surface area contributed by atoms with Gasteiger partial charge in [0.05, 0.1) is 17.9 Å². The number of pyridine rings is 1. The normalized spacial score (nSPS) is 14.8. The number of nitrogens with zero attached hydrogens (tertiary/aromatic N) is 2. The van der Waals surface area contributed by atoms with Crippen molar-refractivity contribution < 1.29 is 4.74 Å². The zero-order valence-corrected chi connectivity index (χ0v) is 15.9. The molecule has 1 aliphatic rings. The van der Waals surface area contributed by atoms with Crippen molar-refractivity contribution >= 4 is 11.5 Å². The highest BCUT2D eigenvalue weighted by molar-refractivity contribution is 5.66. The molecule has 0 fully saturated rings. The summed E-state index contributed by atoms with van der Waals surface area (Å²) in [6.07, 6.45) is 0.513. The second-order valence-corrected chi connectivity index (χ2v) is 7.48. The predicted molar refractivity (Wildman–Crippen MR) is 109 cm³/mol. The molecule has 0 saturated heterocycles. The lowest BCUT2D eigenvalue weighted by Crippen LogP contribution is -2.37. The maximum atomic E-state index is 13.4. The van der Waals surface area contributed by atoms with Crippen LogP contribution in [0.3, 0.4) is 0 Å². The molecule has 1 aliphatic heterocycles. The van der Waals surface area contributed by atoms with Gasteiger partial charge in [0.1, 0.15) is 17.5 Å². The van der Waals surface area contributed by atoms with Gasteiger partial charge in [0.25, 0.3) is 5.56 Å². The van der Waals surface area contributed by atoms with Crippen LogP contribution in [-0.2, 0) is 17.8 Å². The van der Waals surface area contributed by atoms with Crippen LogP contribution < -0.4 is 10.9 Å². The van der Waals surface area contributed by atoms with Crippen molar-refractivity contribution in [3.05, 3.63) is 87.7 Å². The van der Waals surface area contributed by atoms with Crippen LogP contribution in [0.2, 0.25) is 0 Å². The Labute approximate surface area is 163 Å². The molecular formula is C23H21N3O2. The Morgan fingerprint density at radius 2 is 1.68 bits per heavy atom. The lowest BCUT2D eigenvalue weighted by Gasteiger charge is -2.34. The van der Waals surface area contributed by atoms with E-state index in [1.807, 2.05) is 74.5 Å². The number of para-hydroxylation sites is 2.